The van der Waals surface area contributed by atoms with Crippen molar-refractivity contribution in [3.05, 3.63) is 123 Å². The zero-order valence-electron chi connectivity index (χ0n) is 25.6. The van der Waals surface area contributed by atoms with Gasteiger partial charge < -0.3 is 24.3 Å². The highest BCUT2D eigenvalue weighted by atomic mass is 79.9. The van der Waals surface area contributed by atoms with E-state index in [9.17, 15) is 29.4 Å². The lowest BCUT2D eigenvalue weighted by Gasteiger charge is -2.19. The minimum Gasteiger partial charge on any atom is -0.494 e. The molecule has 6 rings (SSSR count). The maximum Gasteiger partial charge on any atom is 0.296 e. The molecule has 0 radical (unpaired) electrons. The van der Waals surface area contributed by atoms with Crippen molar-refractivity contribution in [2.45, 2.75) is 0 Å². The molecule has 12 nitrogen and oxygen atoms in total. The summed E-state index contributed by atoms with van der Waals surface area (Å²) < 4.78 is 38.5. The molecule has 50 heavy (non-hydrogen) atoms. The second-order valence-electron chi connectivity index (χ2n) is 10.3. The Morgan fingerprint density at radius 2 is 1.88 bits per heavy atom. The molecule has 0 bridgehead atoms. The number of hydrogen-bond acceptors (Lipinski definition) is 10. The lowest BCUT2D eigenvalue weighted by Crippen LogP contribution is -2.32. The summed E-state index contributed by atoms with van der Waals surface area (Å²) in [5, 5.41) is 25.0. The average molecular weight is 780 g/mol. The molecule has 0 unspecified atom stereocenters. The Morgan fingerprint density at radius 1 is 1.12 bits per heavy atom. The summed E-state index contributed by atoms with van der Waals surface area (Å²) in [7, 11) is 1.28. The number of carbonyl (C=O) groups excluding carboxylic acids is 1. The second kappa shape index (κ2) is 14.4. The Bertz CT molecular complexity index is 2430. The Balaban J connectivity index is 1.54. The Labute approximate surface area is 299 Å². The highest BCUT2D eigenvalue weighted by Crippen LogP contribution is 2.39. The van der Waals surface area contributed by atoms with E-state index in [1.807, 2.05) is 6.07 Å². The highest BCUT2D eigenvalue weighted by Gasteiger charge is 2.26. The van der Waals surface area contributed by atoms with Gasteiger partial charge in [0.2, 0.25) is 0 Å². The summed E-state index contributed by atoms with van der Waals surface area (Å²) >= 11 is 10.3. The number of hydrogen-bond donors (Lipinski definition) is 1. The van der Waals surface area contributed by atoms with Gasteiger partial charge in [0.25, 0.3) is 17.2 Å². The third-order valence-electron chi connectivity index (χ3n) is 7.16. The van der Waals surface area contributed by atoms with Gasteiger partial charge in [-0.05, 0) is 48.5 Å². The van der Waals surface area contributed by atoms with Gasteiger partial charge >= 0.3 is 0 Å². The molecule has 2 heterocycles. The van der Waals surface area contributed by atoms with Crippen LogP contribution in [0.1, 0.15) is 5.56 Å². The predicted molar refractivity (Wildman–Crippen MR) is 187 cm³/mol. The van der Waals surface area contributed by atoms with Gasteiger partial charge in [-0.25, -0.2) is 4.39 Å². The van der Waals surface area contributed by atoms with E-state index in [0.29, 0.717) is 26.6 Å². The molecule has 252 valence electrons. The molecule has 0 saturated heterocycles. The Kier molecular flexibility index (Phi) is 9.86. The van der Waals surface area contributed by atoms with Crippen LogP contribution in [0, 0.1) is 27.3 Å². The van der Waals surface area contributed by atoms with Crippen LogP contribution in [0.25, 0.3) is 17.3 Å². The van der Waals surface area contributed by atoms with Crippen LogP contribution in [0.3, 0.4) is 0 Å². The third kappa shape index (κ3) is 7.03. The van der Waals surface area contributed by atoms with Crippen molar-refractivity contribution in [1.29, 1.82) is 5.26 Å². The zero-order valence-corrected chi connectivity index (χ0v) is 28.7. The molecular weight excluding hydrogens is 759 g/mol. The number of methoxy groups -OCH3 is 1. The molecule has 1 aromatic heterocycles. The molecule has 0 fully saturated rings. The van der Waals surface area contributed by atoms with Gasteiger partial charge in [0.1, 0.15) is 41.1 Å². The number of aromatic nitrogens is 1. The number of nitrogens with one attached hydrogen (secondary N) is 1. The molecule has 1 N–H and O–H groups in total. The first-order valence-electron chi connectivity index (χ1n) is 14.4. The number of amides is 1. The molecule has 0 aliphatic carbocycles. The van der Waals surface area contributed by atoms with Crippen molar-refractivity contribution in [3.8, 4) is 40.5 Å². The van der Waals surface area contributed by atoms with Crippen LogP contribution in [-0.4, -0.2) is 35.7 Å². The van der Waals surface area contributed by atoms with Gasteiger partial charge in [-0.15, -0.1) is 11.3 Å². The molecule has 4 aromatic carbocycles. The molecule has 1 aliphatic rings. The zero-order chi connectivity index (χ0) is 35.5. The summed E-state index contributed by atoms with van der Waals surface area (Å²) in [6.07, 6.45) is 1.50. The predicted octanol–water partition coefficient (Wildman–Crippen LogP) is 6.08. The fraction of sp³-hybridized carbons (Fsp3) is 0.0882. The van der Waals surface area contributed by atoms with E-state index in [1.54, 1.807) is 42.5 Å². The Hall–Kier alpha value is -5.69. The number of fused-ring (bicyclic) bond motifs is 1. The smallest absolute Gasteiger partial charge is 0.296 e. The van der Waals surface area contributed by atoms with E-state index >= 15 is 0 Å². The molecule has 1 aliphatic heterocycles. The van der Waals surface area contributed by atoms with Gasteiger partial charge in [0, 0.05) is 27.2 Å². The van der Waals surface area contributed by atoms with Crippen molar-refractivity contribution in [3.63, 3.8) is 0 Å². The fourth-order valence-electron chi connectivity index (χ4n) is 4.90. The molecular formula is C34H21BrClFN4O8S. The number of benzene rings is 4. The number of anilines is 1. The number of rotatable bonds is 8. The monoisotopic (exact) mass is 778 g/mol. The summed E-state index contributed by atoms with van der Waals surface area (Å²) in [6.45, 7) is 0.356. The van der Waals surface area contributed by atoms with Crippen LogP contribution in [0.15, 0.2) is 82.1 Å². The summed E-state index contributed by atoms with van der Waals surface area (Å²) in [4.78, 5) is 39.0. The molecule has 16 heteroatoms. The molecule has 1 amide bonds. The SMILES string of the molecule is COc1ccc(-n2c(=O)/c(=C\c3ccc(Br)cc3Oc3cccc(Cl)c3)s/c2=C(/C#N)C(=O)Nc2cc3c(cc2[N+](=O)[O-])OCCO3)cc1F. The molecule has 0 saturated carbocycles. The fourth-order valence-corrected chi connectivity index (χ4v) is 6.52. The van der Waals surface area contributed by atoms with E-state index < -0.39 is 33.5 Å². The van der Waals surface area contributed by atoms with Gasteiger partial charge in [-0.3, -0.25) is 24.3 Å². The maximum absolute atomic E-state index is 15.0. The first-order valence-corrected chi connectivity index (χ1v) is 16.4. The van der Waals surface area contributed by atoms with Gasteiger partial charge in [0.15, 0.2) is 28.6 Å². The normalized spacial score (nSPS) is 12.9. The number of nitro groups is 1. The minimum atomic E-state index is -1.07. The van der Waals surface area contributed by atoms with Crippen LogP contribution in [0.5, 0.6) is 28.7 Å². The number of nitrogens with zero attached hydrogens (tertiary/aromatic N) is 3. The number of halogens is 3. The number of carbonyl (C=O) groups is 1. The Morgan fingerprint density at radius 3 is 2.56 bits per heavy atom. The second-order valence-corrected chi connectivity index (χ2v) is 12.7. The van der Waals surface area contributed by atoms with Crippen molar-refractivity contribution < 1.29 is 33.1 Å². The van der Waals surface area contributed by atoms with Crippen LogP contribution in [0.4, 0.5) is 15.8 Å². The standard InChI is InChI=1S/C34H21BrClFN4O8S/c1-46-27-8-7-21(14-24(27)37)40-33(43)31(11-18-5-6-19(35)12-28(18)49-22-4-2-3-20(36)13-22)50-34(40)23(17-38)32(42)39-25-15-29-30(48-10-9-47-29)16-26(25)41(44)45/h2-8,11-16H,9-10H2,1H3,(H,39,42)/b31-11+,34-23-. The van der Waals surface area contributed by atoms with Gasteiger partial charge in [0.05, 0.1) is 28.3 Å². The van der Waals surface area contributed by atoms with Crippen molar-refractivity contribution in [1.82, 2.24) is 4.57 Å². The molecule has 0 spiro atoms. The lowest BCUT2D eigenvalue weighted by molar-refractivity contribution is -0.384. The van der Waals surface area contributed by atoms with E-state index in [2.05, 4.69) is 21.2 Å². The summed E-state index contributed by atoms with van der Waals surface area (Å²) in [5.41, 5.74) is -1.65. The van der Waals surface area contributed by atoms with Crippen LogP contribution in [0.2, 0.25) is 5.02 Å². The topological polar surface area (TPSA) is 155 Å². The van der Waals surface area contributed by atoms with Crippen molar-refractivity contribution in [2.24, 2.45) is 0 Å². The van der Waals surface area contributed by atoms with E-state index in [-0.39, 0.29) is 51.0 Å². The first-order chi connectivity index (χ1) is 24.1. The van der Waals surface area contributed by atoms with E-state index in [0.717, 1.165) is 28.0 Å². The number of thiazole rings is 1. The van der Waals surface area contributed by atoms with Crippen LogP contribution >= 0.6 is 38.9 Å². The first kappa shape index (κ1) is 34.2. The number of nitro benzene ring substituents is 1. The summed E-state index contributed by atoms with van der Waals surface area (Å²) in [5.74, 6) is -0.947. The van der Waals surface area contributed by atoms with Crippen molar-refractivity contribution >= 4 is 67.8 Å². The number of nitriles is 1. The van der Waals surface area contributed by atoms with Gasteiger partial charge in [-0.2, -0.15) is 5.26 Å². The van der Waals surface area contributed by atoms with Crippen LogP contribution in [-0.2, 0) is 4.79 Å². The highest BCUT2D eigenvalue weighted by molar-refractivity contribution is 9.10. The van der Waals surface area contributed by atoms with Crippen LogP contribution < -0.4 is 39.0 Å². The van der Waals surface area contributed by atoms with Gasteiger partial charge in [-0.1, -0.05) is 39.7 Å². The molecule has 5 aromatic rings. The lowest BCUT2D eigenvalue weighted by atomic mass is 10.2. The quantitative estimate of drug-likeness (QED) is 0.146. The van der Waals surface area contributed by atoms with E-state index in [1.165, 1.54) is 31.4 Å². The average Bonchev–Trinajstić information content (AvgIpc) is 3.40. The van der Waals surface area contributed by atoms with Crippen molar-refractivity contribution in [2.75, 3.05) is 25.6 Å². The van der Waals surface area contributed by atoms with E-state index in [4.69, 9.17) is 30.5 Å². The number of ether oxygens (including phenoxy) is 4. The summed E-state index contributed by atoms with van der Waals surface area (Å²) in [6, 6.07) is 19.6. The maximum atomic E-state index is 15.0. The largest absolute Gasteiger partial charge is 0.494 e. The third-order valence-corrected chi connectivity index (χ3v) is 8.98. The minimum absolute atomic E-state index is 0.0173. The molecule has 0 atom stereocenters.